The van der Waals surface area contributed by atoms with E-state index in [9.17, 15) is 18.0 Å². The summed E-state index contributed by atoms with van der Waals surface area (Å²) >= 11 is 0. The van der Waals surface area contributed by atoms with Crippen molar-refractivity contribution in [2.75, 3.05) is 0 Å². The van der Waals surface area contributed by atoms with E-state index in [2.05, 4.69) is 15.1 Å². The summed E-state index contributed by atoms with van der Waals surface area (Å²) in [6.45, 7) is 5.02. The number of halogens is 3. The van der Waals surface area contributed by atoms with E-state index in [1.54, 1.807) is 45.2 Å². The number of esters is 1. The van der Waals surface area contributed by atoms with Gasteiger partial charge in [-0.05, 0) is 50.6 Å². The molecule has 0 bridgehead atoms. The number of carbonyl (C=O) groups excluding carboxylic acids is 1. The second-order valence-electron chi connectivity index (χ2n) is 6.87. The average molecular weight is 416 g/mol. The van der Waals surface area contributed by atoms with Crippen LogP contribution in [0.15, 0.2) is 49.1 Å². The van der Waals surface area contributed by atoms with E-state index in [0.29, 0.717) is 11.1 Å². The zero-order valence-corrected chi connectivity index (χ0v) is 16.5. The Morgan fingerprint density at radius 2 is 2.00 bits per heavy atom. The van der Waals surface area contributed by atoms with Crippen molar-refractivity contribution in [3.8, 4) is 11.4 Å². The lowest BCUT2D eigenvalue weighted by molar-refractivity contribution is -0.140. The molecule has 3 aromatic rings. The number of aryl methyl sites for hydroxylation is 1. The number of benzene rings is 1. The molecule has 0 N–H and O–H groups in total. The monoisotopic (exact) mass is 416 g/mol. The number of aromatic nitrogens is 4. The minimum absolute atomic E-state index is 0.100. The van der Waals surface area contributed by atoms with Gasteiger partial charge in [-0.3, -0.25) is 4.98 Å². The Kier molecular flexibility index (Phi) is 6.00. The molecule has 0 atom stereocenters. The Bertz CT molecular complexity index is 1070. The van der Waals surface area contributed by atoms with Crippen LogP contribution in [0.2, 0.25) is 0 Å². The van der Waals surface area contributed by atoms with E-state index in [1.807, 2.05) is 0 Å². The van der Waals surface area contributed by atoms with Gasteiger partial charge in [-0.1, -0.05) is 6.07 Å². The molecule has 156 valence electrons. The first kappa shape index (κ1) is 21.2. The summed E-state index contributed by atoms with van der Waals surface area (Å²) in [4.78, 5) is 20.6. The lowest BCUT2D eigenvalue weighted by Crippen LogP contribution is -2.13. The highest BCUT2D eigenvalue weighted by Gasteiger charge is 2.31. The van der Waals surface area contributed by atoms with Crippen LogP contribution in [-0.4, -0.2) is 31.8 Å². The lowest BCUT2D eigenvalue weighted by Gasteiger charge is -2.11. The van der Waals surface area contributed by atoms with Crippen molar-refractivity contribution in [1.82, 2.24) is 19.7 Å². The van der Waals surface area contributed by atoms with Crippen LogP contribution in [0.1, 0.15) is 30.5 Å². The summed E-state index contributed by atoms with van der Waals surface area (Å²) in [5.41, 5.74) is 0.579. The number of pyridine rings is 1. The Morgan fingerprint density at radius 1 is 1.23 bits per heavy atom. The Hall–Kier alpha value is -3.49. The average Bonchev–Trinajstić information content (AvgIpc) is 3.14. The molecule has 30 heavy (non-hydrogen) atoms. The van der Waals surface area contributed by atoms with Gasteiger partial charge < -0.3 is 4.74 Å². The quantitative estimate of drug-likeness (QED) is 0.449. The van der Waals surface area contributed by atoms with Gasteiger partial charge in [-0.25, -0.2) is 14.5 Å². The van der Waals surface area contributed by atoms with Crippen molar-refractivity contribution in [3.05, 3.63) is 65.7 Å². The highest BCUT2D eigenvalue weighted by molar-refractivity contribution is 6.20. The zero-order chi connectivity index (χ0) is 21.9. The van der Waals surface area contributed by atoms with Crippen molar-refractivity contribution >= 4 is 17.7 Å². The van der Waals surface area contributed by atoms with Gasteiger partial charge in [0.1, 0.15) is 6.33 Å². The van der Waals surface area contributed by atoms with Crippen LogP contribution in [0.25, 0.3) is 23.2 Å². The molecule has 0 fully saturated rings. The molecule has 0 spiro atoms. The van der Waals surface area contributed by atoms with Crippen molar-refractivity contribution in [3.63, 3.8) is 0 Å². The second-order valence-corrected chi connectivity index (χ2v) is 6.87. The van der Waals surface area contributed by atoms with Crippen LogP contribution in [0, 0.1) is 6.92 Å². The third-order valence-corrected chi connectivity index (χ3v) is 3.97. The van der Waals surface area contributed by atoms with Crippen LogP contribution in [0.5, 0.6) is 0 Å². The van der Waals surface area contributed by atoms with Crippen molar-refractivity contribution < 1.29 is 22.7 Å². The van der Waals surface area contributed by atoms with Gasteiger partial charge in [0.2, 0.25) is 0 Å². The van der Waals surface area contributed by atoms with E-state index in [1.165, 1.54) is 23.4 Å². The number of hydrogen-bond donors (Lipinski definition) is 0. The standard InChI is InChI=1S/C21H19F3N4O2/c1-13(2)30-20(29)18(15-5-4-6-25-10-15)11-28-12-26-19(27-28)16-7-14(3)8-17(9-16)21(22,23)24/h4-13H,1-3H3/b18-11-. The first-order valence-corrected chi connectivity index (χ1v) is 9.07. The van der Waals surface area contributed by atoms with Gasteiger partial charge in [-0.15, -0.1) is 5.10 Å². The van der Waals surface area contributed by atoms with Gasteiger partial charge in [-0.2, -0.15) is 13.2 Å². The molecule has 0 saturated carbocycles. The molecule has 0 unspecified atom stereocenters. The van der Waals surface area contributed by atoms with Crippen LogP contribution in [-0.2, 0) is 15.7 Å². The van der Waals surface area contributed by atoms with Crippen LogP contribution in [0.4, 0.5) is 13.2 Å². The predicted molar refractivity (Wildman–Crippen MR) is 105 cm³/mol. The summed E-state index contributed by atoms with van der Waals surface area (Å²) in [5.74, 6) is -0.479. The van der Waals surface area contributed by atoms with Crippen LogP contribution < -0.4 is 0 Å². The number of hydrogen-bond acceptors (Lipinski definition) is 5. The Balaban J connectivity index is 2.00. The van der Waals surface area contributed by atoms with Crippen LogP contribution in [0.3, 0.4) is 0 Å². The van der Waals surface area contributed by atoms with Crippen molar-refractivity contribution in [1.29, 1.82) is 0 Å². The first-order valence-electron chi connectivity index (χ1n) is 9.07. The Labute approximate surface area is 171 Å². The minimum Gasteiger partial charge on any atom is -0.459 e. The molecule has 9 heteroatoms. The molecular weight excluding hydrogens is 397 g/mol. The fraction of sp³-hybridized carbons (Fsp3) is 0.238. The molecule has 0 radical (unpaired) electrons. The zero-order valence-electron chi connectivity index (χ0n) is 16.5. The number of rotatable bonds is 5. The molecule has 1 aromatic carbocycles. The molecule has 0 amide bonds. The highest BCUT2D eigenvalue weighted by atomic mass is 19.4. The number of carbonyl (C=O) groups is 1. The molecule has 2 heterocycles. The molecule has 0 aliphatic rings. The van der Waals surface area contributed by atoms with Gasteiger partial charge in [0, 0.05) is 29.7 Å². The second kappa shape index (κ2) is 8.48. The molecule has 6 nitrogen and oxygen atoms in total. The Morgan fingerprint density at radius 3 is 2.63 bits per heavy atom. The maximum atomic E-state index is 13.1. The van der Waals surface area contributed by atoms with Crippen molar-refractivity contribution in [2.45, 2.75) is 33.1 Å². The minimum atomic E-state index is -4.47. The summed E-state index contributed by atoms with van der Waals surface area (Å²) in [6.07, 6.45) is 0.969. The predicted octanol–water partition coefficient (Wildman–Crippen LogP) is 4.62. The SMILES string of the molecule is Cc1cc(-c2ncn(/C=C(\C(=O)OC(C)C)c3cccnc3)n2)cc(C(F)(F)F)c1. The molecule has 0 saturated heterocycles. The highest BCUT2D eigenvalue weighted by Crippen LogP contribution is 2.32. The number of nitrogens with zero attached hydrogens (tertiary/aromatic N) is 4. The molecule has 0 aliphatic heterocycles. The summed E-state index contributed by atoms with van der Waals surface area (Å²) in [7, 11) is 0. The lowest BCUT2D eigenvalue weighted by atomic mass is 10.1. The fourth-order valence-corrected chi connectivity index (χ4v) is 2.72. The van der Waals surface area contributed by atoms with E-state index in [0.717, 1.165) is 12.1 Å². The summed E-state index contributed by atoms with van der Waals surface area (Å²) in [5, 5.41) is 4.21. The largest absolute Gasteiger partial charge is 0.459 e. The van der Waals surface area contributed by atoms with Gasteiger partial charge >= 0.3 is 12.1 Å². The van der Waals surface area contributed by atoms with Crippen molar-refractivity contribution in [2.24, 2.45) is 0 Å². The third kappa shape index (κ3) is 5.11. The molecular formula is C21H19F3N4O2. The number of alkyl halides is 3. The van der Waals surface area contributed by atoms with E-state index >= 15 is 0 Å². The van der Waals surface area contributed by atoms with E-state index in [-0.39, 0.29) is 23.1 Å². The van der Waals surface area contributed by atoms with Gasteiger partial charge in [0.25, 0.3) is 0 Å². The van der Waals surface area contributed by atoms with Gasteiger partial charge in [0.15, 0.2) is 5.82 Å². The van der Waals surface area contributed by atoms with E-state index in [4.69, 9.17) is 4.74 Å². The topological polar surface area (TPSA) is 69.9 Å². The summed E-state index contributed by atoms with van der Waals surface area (Å²) < 4.78 is 45.9. The first-order chi connectivity index (χ1) is 14.1. The molecule has 2 aromatic heterocycles. The number of ether oxygens (including phenoxy) is 1. The third-order valence-electron chi connectivity index (χ3n) is 3.97. The normalized spacial score (nSPS) is 12.3. The van der Waals surface area contributed by atoms with Crippen LogP contribution >= 0.6 is 0 Å². The molecule has 3 rings (SSSR count). The smallest absolute Gasteiger partial charge is 0.416 e. The maximum Gasteiger partial charge on any atom is 0.416 e. The van der Waals surface area contributed by atoms with E-state index < -0.39 is 17.7 Å². The fourth-order valence-electron chi connectivity index (χ4n) is 2.72. The van der Waals surface area contributed by atoms with Gasteiger partial charge in [0.05, 0.1) is 17.2 Å². The molecule has 0 aliphatic carbocycles. The maximum absolute atomic E-state index is 13.1. The summed E-state index contributed by atoms with van der Waals surface area (Å²) in [6, 6.07) is 6.97.